The molecule has 15 saturated carbocycles. The second-order valence-electron chi connectivity index (χ2n) is 41.4. The molecule has 17 fully saturated rings. The summed E-state index contributed by atoms with van der Waals surface area (Å²) in [6, 6.07) is 42.3. The van der Waals surface area contributed by atoms with Crippen LogP contribution in [0, 0.1) is 111 Å². The number of ether oxygens (including phenoxy) is 7. The van der Waals surface area contributed by atoms with Crippen molar-refractivity contribution < 1.29 is 96.2 Å². The van der Waals surface area contributed by atoms with E-state index >= 15 is 0 Å². The number of Topliss-reactive ketones (excluding diaryl/α,β-unsaturated/α-hetero) is 1. The lowest BCUT2D eigenvalue weighted by Gasteiger charge is -2.73. The van der Waals surface area contributed by atoms with Gasteiger partial charge < -0.3 is 33.2 Å². The quantitative estimate of drug-likeness (QED) is 0.0229. The minimum atomic E-state index is -5.10. The van der Waals surface area contributed by atoms with Crippen molar-refractivity contribution in [3.05, 3.63) is 138 Å². The number of hydrogen-bond donors (Lipinski definition) is 0. The zero-order chi connectivity index (χ0) is 90.2. The highest BCUT2D eigenvalue weighted by molar-refractivity contribution is 7.98. The molecule has 0 radical (unpaired) electrons. The van der Waals surface area contributed by atoms with Crippen LogP contribution in [0.3, 0.4) is 0 Å². The second-order valence-corrected chi connectivity index (χ2v) is 48.0. The summed E-state index contributed by atoms with van der Waals surface area (Å²) in [7, 11) is 5.55. The maximum atomic E-state index is 13.6. The summed E-state index contributed by atoms with van der Waals surface area (Å²) in [5.41, 5.74) is 2.58. The Morgan fingerprint density at radius 2 is 0.897 bits per heavy atom. The Hall–Kier alpha value is -6.11. The molecular formula is C102H137F10O11S3+3. The molecule has 16 bridgehead atoms. The van der Waals surface area contributed by atoms with Crippen LogP contribution in [0.25, 0.3) is 0 Å². The first-order chi connectivity index (χ1) is 58.9. The van der Waals surface area contributed by atoms with Gasteiger partial charge in [0.05, 0.1) is 62.9 Å². The SMILES string of the molecule is C.CC(C)(C)c1ccc([S+]2CCCC2)cc1.CC(F)(F)C(=O)OCC12CC3CC(CC(C3)C1)C2.CC(F)(F)C(COC(=O)C12CC3CC(CC(C3)C1)C2)C(F)(F)F.CC(F)(F)C(F)COC(=O)C12CC3CC4C5CC(CC41)CC2C5C3.COc1ccc(C(=O)C([S+]2CCOCC2)C(C)(C)C)cc1.COc1ccc([S+](c2ccc(C)cc2)c2ccc(OC)cc2)cc1. The first-order valence-electron chi connectivity index (χ1n) is 45.5. The highest BCUT2D eigenvalue weighted by atomic mass is 32.2. The standard InChI is InChI=1S/C21H21O2S.C19H25F3O2.C17H25O3S.C16H21F5O2.C14H20F2O2.C14H21S.CH4/c1-16-4-10-19(11-5-16)24(20-12-6-17(22-2)7-13-20)21-14-8-18(23-3)9-15-21;1-18(21,22)16(20)8-24-17(23)19-7-10-3-12-11-2-9(5-14(12)19)6-15(19)13(11)4-10;1-17(2,3)16(21-11-9-20-10-12-21)15(18)13-5-7-14(19-4)8-6-13;1-14(17,18)12(16(19,20)21)8-23-13(22)15-5-9-2-10(6-15)4-11(3-9)7-15;1-13(15,16)12(17)18-8-14-5-9-2-10(6-14)4-11(3-9)7-14;1-14(2,3)12-6-8-13(9-7-12)15-10-4-5-11-15;/h4-15H,1-3H3;9-16H,2-8H2,1H3;5-8,16H,9-12H2,1-4H3;9-12H,2-8H2,1H3;9-11H,2-8H2,1H3;6-9H,4-5,10-11H2,1-3H3;1H4/q+1;;+1;;;+1;. The fourth-order valence-electron chi connectivity index (χ4n) is 25.1. The van der Waals surface area contributed by atoms with E-state index in [1.165, 1.54) is 88.7 Å². The number of rotatable bonds is 21. The molecule has 5 aromatic carbocycles. The molecule has 0 N–H and O–H groups in total. The van der Waals surface area contributed by atoms with Gasteiger partial charge in [-0.1, -0.05) is 78.8 Å². The van der Waals surface area contributed by atoms with Gasteiger partial charge in [0.2, 0.25) is 5.78 Å². The van der Waals surface area contributed by atoms with Crippen LogP contribution in [0.5, 0.6) is 17.2 Å². The molecule has 22 rings (SSSR count). The zero-order valence-electron chi connectivity index (χ0n) is 75.3. The molecule has 2 aliphatic heterocycles. The van der Waals surface area contributed by atoms with Crippen molar-refractivity contribution in [1.82, 2.24) is 0 Å². The van der Waals surface area contributed by atoms with E-state index in [4.69, 9.17) is 33.2 Å². The number of carbonyl (C=O) groups is 4. The average molecular weight is 1830 g/mol. The smallest absolute Gasteiger partial charge is 0.400 e. The van der Waals surface area contributed by atoms with Crippen LogP contribution < -0.4 is 14.2 Å². The van der Waals surface area contributed by atoms with E-state index < -0.39 is 72.0 Å². The molecule has 7 atom stereocenters. The average Bonchev–Trinajstić information content (AvgIpc) is 0.671. The fraction of sp³-hybridized carbons (Fsp3) is 0.667. The van der Waals surface area contributed by atoms with Crippen molar-refractivity contribution in [1.29, 1.82) is 0 Å². The molecule has 17 aliphatic rings. The predicted octanol–water partition coefficient (Wildman–Crippen LogP) is 24.7. The molecule has 2 saturated heterocycles. The number of aryl methyl sites for hydroxylation is 1. The number of ketones is 1. The van der Waals surface area contributed by atoms with Crippen LogP contribution in [-0.2, 0) is 71.4 Å². The first-order valence-corrected chi connectivity index (χ1v) is 49.9. The van der Waals surface area contributed by atoms with E-state index in [0.717, 1.165) is 135 Å². The van der Waals surface area contributed by atoms with E-state index in [-0.39, 0.29) is 76.0 Å². The lowest BCUT2D eigenvalue weighted by molar-refractivity contribution is -0.260. The van der Waals surface area contributed by atoms with E-state index in [2.05, 4.69) is 121 Å². The molecule has 15 aliphatic carbocycles. The summed E-state index contributed by atoms with van der Waals surface area (Å²) in [4.78, 5) is 55.1. The maximum Gasteiger partial charge on any atom is 0.400 e. The van der Waals surface area contributed by atoms with E-state index in [1.54, 1.807) is 26.2 Å². The van der Waals surface area contributed by atoms with Gasteiger partial charge in [0.15, 0.2) is 36.9 Å². The molecule has 11 nitrogen and oxygen atoms in total. The molecule has 0 amide bonds. The van der Waals surface area contributed by atoms with Gasteiger partial charge in [-0.05, 0) is 320 Å². The van der Waals surface area contributed by atoms with Gasteiger partial charge in [-0.25, -0.2) is 26.7 Å². The number of methoxy groups -OCH3 is 3. The van der Waals surface area contributed by atoms with Gasteiger partial charge in [-0.15, -0.1) is 0 Å². The predicted molar refractivity (Wildman–Crippen MR) is 479 cm³/mol. The van der Waals surface area contributed by atoms with Gasteiger partial charge in [-0.2, -0.15) is 22.0 Å². The molecular weight excluding hydrogens is 1690 g/mol. The Morgan fingerprint density at radius 1 is 0.476 bits per heavy atom. The Balaban J connectivity index is 0.000000138. The van der Waals surface area contributed by atoms with Gasteiger partial charge >= 0.3 is 30.0 Å². The number of halogens is 10. The maximum absolute atomic E-state index is 13.6. The van der Waals surface area contributed by atoms with Crippen molar-refractivity contribution >= 4 is 56.4 Å². The molecule has 2 heterocycles. The summed E-state index contributed by atoms with van der Waals surface area (Å²) in [6.45, 7) is 16.5. The summed E-state index contributed by atoms with van der Waals surface area (Å²) in [5.74, 6) is -0.909. The number of alkyl halides is 10. The first kappa shape index (κ1) is 98.9. The zero-order valence-corrected chi connectivity index (χ0v) is 77.7. The van der Waals surface area contributed by atoms with E-state index in [0.29, 0.717) is 91.3 Å². The molecule has 24 heteroatoms. The molecule has 0 spiro atoms. The molecule has 126 heavy (non-hydrogen) atoms. The number of esters is 3. The van der Waals surface area contributed by atoms with Crippen LogP contribution in [0.2, 0.25) is 0 Å². The van der Waals surface area contributed by atoms with E-state index in [1.807, 2.05) is 48.5 Å². The van der Waals surface area contributed by atoms with E-state index in [9.17, 15) is 63.1 Å². The summed E-state index contributed by atoms with van der Waals surface area (Å²) >= 11 is 0. The van der Waals surface area contributed by atoms with Crippen molar-refractivity contribution in [3.63, 3.8) is 0 Å². The van der Waals surface area contributed by atoms with Crippen molar-refractivity contribution in [2.75, 3.05) is 77.4 Å². The van der Waals surface area contributed by atoms with Crippen molar-refractivity contribution in [2.24, 2.45) is 105 Å². The summed E-state index contributed by atoms with van der Waals surface area (Å²) < 4.78 is 166. The monoisotopic (exact) mass is 1820 g/mol. The highest BCUT2D eigenvalue weighted by Crippen LogP contribution is 2.76. The second kappa shape index (κ2) is 40.1. The number of carbonyl (C=O) groups excluding carboxylic acids is 4. The molecule has 7 unspecified atom stereocenters. The highest BCUT2D eigenvalue weighted by Gasteiger charge is 2.73. The van der Waals surface area contributed by atoms with Crippen LogP contribution in [0.15, 0.2) is 141 Å². The molecule has 5 aromatic rings. The van der Waals surface area contributed by atoms with Gasteiger partial charge in [0, 0.05) is 59.0 Å². The third-order valence-corrected chi connectivity index (χ3v) is 37.6. The van der Waals surface area contributed by atoms with Crippen molar-refractivity contribution in [3.8, 4) is 17.2 Å². The van der Waals surface area contributed by atoms with Crippen LogP contribution in [0.4, 0.5) is 43.9 Å². The Labute approximate surface area is 750 Å². The normalized spacial score (nSPS) is 30.0. The summed E-state index contributed by atoms with van der Waals surface area (Å²) in [5, 5.41) is 0.0646. The minimum absolute atomic E-state index is 0. The van der Waals surface area contributed by atoms with Crippen LogP contribution >= 0.6 is 0 Å². The Bertz CT molecular complexity index is 4250. The number of hydrogen-bond acceptors (Lipinski definition) is 11. The lowest BCUT2D eigenvalue weighted by Crippen LogP contribution is -2.70. The fourth-order valence-corrected chi connectivity index (χ4v) is 32.2. The van der Waals surface area contributed by atoms with Gasteiger partial charge in [0.1, 0.15) is 53.5 Å². The van der Waals surface area contributed by atoms with Gasteiger partial charge in [-0.3, -0.25) is 14.4 Å². The topological polar surface area (TPSA) is 133 Å². The third-order valence-electron chi connectivity index (χ3n) is 29.9. The Morgan fingerprint density at radius 3 is 1.31 bits per heavy atom. The lowest BCUT2D eigenvalue weighted by atomic mass is 9.31. The molecule has 0 aromatic heterocycles. The van der Waals surface area contributed by atoms with Gasteiger partial charge in [0.25, 0.3) is 11.8 Å². The molecule has 696 valence electrons. The Kier molecular flexibility index (Phi) is 31.5. The van der Waals surface area contributed by atoms with Crippen LogP contribution in [-0.4, -0.2) is 136 Å². The van der Waals surface area contributed by atoms with Crippen LogP contribution in [0.1, 0.15) is 220 Å². The largest absolute Gasteiger partial charge is 0.497 e. The minimum Gasteiger partial charge on any atom is -0.497 e. The van der Waals surface area contributed by atoms with Crippen molar-refractivity contribution in [2.45, 2.75) is 265 Å². The summed E-state index contributed by atoms with van der Waals surface area (Å²) in [6.07, 6.45) is 14.4. The number of benzene rings is 5. The third kappa shape index (κ3) is 23.1.